The molecule has 0 N–H and O–H groups in total. The molecule has 1 fully saturated rings. The molecule has 1 amide bonds. The third kappa shape index (κ3) is 1.38. The zero-order chi connectivity index (χ0) is 12.8. The zero-order valence-corrected chi connectivity index (χ0v) is 10.5. The number of amides is 1. The van der Waals surface area contributed by atoms with Crippen molar-refractivity contribution < 1.29 is 4.79 Å². The number of fused-ring (bicyclic) bond motifs is 3. The highest BCUT2D eigenvalue weighted by molar-refractivity contribution is 6.11. The van der Waals surface area contributed by atoms with Gasteiger partial charge in [-0.3, -0.25) is 4.79 Å². The first-order valence-electron chi connectivity index (χ1n) is 6.39. The second-order valence-electron chi connectivity index (χ2n) is 5.28. The van der Waals surface area contributed by atoms with E-state index in [1.165, 1.54) is 5.56 Å². The molecular formula is C16H17NO. The van der Waals surface area contributed by atoms with Crippen LogP contribution < -0.4 is 4.90 Å². The summed E-state index contributed by atoms with van der Waals surface area (Å²) >= 11 is 0. The van der Waals surface area contributed by atoms with Gasteiger partial charge in [0.15, 0.2) is 0 Å². The first kappa shape index (κ1) is 11.3. The number of para-hydroxylation sites is 1. The Morgan fingerprint density at radius 3 is 2.89 bits per heavy atom. The molecule has 2 nitrogen and oxygen atoms in total. The van der Waals surface area contributed by atoms with E-state index in [1.54, 1.807) is 0 Å². The Morgan fingerprint density at radius 1 is 1.33 bits per heavy atom. The third-order valence-electron chi connectivity index (χ3n) is 4.09. The van der Waals surface area contributed by atoms with Gasteiger partial charge < -0.3 is 4.90 Å². The van der Waals surface area contributed by atoms with Crippen molar-refractivity contribution in [3.63, 3.8) is 0 Å². The second kappa shape index (κ2) is 3.84. The van der Waals surface area contributed by atoms with E-state index in [9.17, 15) is 4.79 Å². The fraction of sp³-hybridized carbons (Fsp3) is 0.312. The first-order chi connectivity index (χ1) is 8.68. The Kier molecular flexibility index (Phi) is 2.40. The fourth-order valence-corrected chi connectivity index (χ4v) is 3.32. The molecule has 0 aliphatic carbocycles. The van der Waals surface area contributed by atoms with Crippen LogP contribution in [0, 0.1) is 0 Å². The van der Waals surface area contributed by atoms with E-state index >= 15 is 0 Å². The minimum Gasteiger partial charge on any atom is -0.302 e. The number of rotatable bonds is 3. The SMILES string of the molecule is C=CCCC12CC(=C)C(=O)N1c1ccccc1C2. The molecule has 1 atom stereocenters. The average Bonchev–Trinajstić information content (AvgIpc) is 2.80. The Labute approximate surface area is 108 Å². The second-order valence-corrected chi connectivity index (χ2v) is 5.28. The molecule has 2 heteroatoms. The molecule has 2 heterocycles. The predicted octanol–water partition coefficient (Wildman–Crippen LogP) is 3.24. The van der Waals surface area contributed by atoms with E-state index in [4.69, 9.17) is 0 Å². The van der Waals surface area contributed by atoms with Crippen molar-refractivity contribution in [1.29, 1.82) is 0 Å². The van der Waals surface area contributed by atoms with Gasteiger partial charge in [-0.05, 0) is 30.9 Å². The lowest BCUT2D eigenvalue weighted by Gasteiger charge is -2.31. The van der Waals surface area contributed by atoms with Crippen LogP contribution in [0.1, 0.15) is 24.8 Å². The van der Waals surface area contributed by atoms with Crippen molar-refractivity contribution in [2.75, 3.05) is 4.90 Å². The van der Waals surface area contributed by atoms with E-state index in [0.717, 1.165) is 36.9 Å². The van der Waals surface area contributed by atoms with Gasteiger partial charge in [-0.25, -0.2) is 0 Å². The molecule has 92 valence electrons. The number of anilines is 1. The van der Waals surface area contributed by atoms with Crippen LogP contribution in [0.5, 0.6) is 0 Å². The molecule has 3 rings (SSSR count). The molecule has 2 aliphatic rings. The van der Waals surface area contributed by atoms with Crippen molar-refractivity contribution in [3.8, 4) is 0 Å². The largest absolute Gasteiger partial charge is 0.302 e. The van der Waals surface area contributed by atoms with E-state index in [-0.39, 0.29) is 11.4 Å². The third-order valence-corrected chi connectivity index (χ3v) is 4.09. The number of hydrogen-bond donors (Lipinski definition) is 0. The molecule has 1 unspecified atom stereocenters. The van der Waals surface area contributed by atoms with E-state index in [1.807, 2.05) is 29.2 Å². The quantitative estimate of drug-likeness (QED) is 0.585. The number of allylic oxidation sites excluding steroid dienone is 1. The summed E-state index contributed by atoms with van der Waals surface area (Å²) in [4.78, 5) is 14.3. The van der Waals surface area contributed by atoms with Crippen molar-refractivity contribution in [2.24, 2.45) is 0 Å². The molecule has 0 saturated carbocycles. The predicted molar refractivity (Wildman–Crippen MR) is 73.6 cm³/mol. The number of carbonyl (C=O) groups is 1. The zero-order valence-electron chi connectivity index (χ0n) is 10.5. The standard InChI is InChI=1S/C16H17NO/c1-3-4-9-16-10-12(2)15(18)17(16)14-8-6-5-7-13(14)11-16/h3,5-8H,1-2,4,9-11H2. The van der Waals surface area contributed by atoms with Crippen LogP contribution >= 0.6 is 0 Å². The van der Waals surface area contributed by atoms with Crippen molar-refractivity contribution in [3.05, 3.63) is 54.6 Å². The Balaban J connectivity index is 2.07. The topological polar surface area (TPSA) is 20.3 Å². The minimum absolute atomic E-state index is 0.0773. The molecule has 0 bridgehead atoms. The molecule has 1 saturated heterocycles. The summed E-state index contributed by atoms with van der Waals surface area (Å²) in [6, 6.07) is 8.21. The van der Waals surface area contributed by atoms with Crippen LogP contribution in [-0.2, 0) is 11.2 Å². The molecule has 2 aliphatic heterocycles. The number of hydrogen-bond acceptors (Lipinski definition) is 1. The summed E-state index contributed by atoms with van der Waals surface area (Å²) in [6.07, 6.45) is 5.57. The molecular weight excluding hydrogens is 222 g/mol. The number of carbonyl (C=O) groups excluding carboxylic acids is 1. The van der Waals surface area contributed by atoms with Crippen molar-refractivity contribution >= 4 is 11.6 Å². The van der Waals surface area contributed by atoms with Gasteiger partial charge in [0.1, 0.15) is 0 Å². The molecule has 1 aromatic carbocycles. The lowest BCUT2D eigenvalue weighted by molar-refractivity contribution is -0.114. The van der Waals surface area contributed by atoms with Gasteiger partial charge >= 0.3 is 0 Å². The van der Waals surface area contributed by atoms with Gasteiger partial charge in [-0.1, -0.05) is 30.9 Å². The Hall–Kier alpha value is -1.83. The van der Waals surface area contributed by atoms with Crippen LogP contribution in [0.2, 0.25) is 0 Å². The maximum absolute atomic E-state index is 12.3. The minimum atomic E-state index is -0.0773. The van der Waals surface area contributed by atoms with Gasteiger partial charge in [0.05, 0.1) is 5.54 Å². The molecule has 18 heavy (non-hydrogen) atoms. The Bertz CT molecular complexity index is 546. The van der Waals surface area contributed by atoms with Crippen molar-refractivity contribution in [2.45, 2.75) is 31.2 Å². The van der Waals surface area contributed by atoms with Crippen molar-refractivity contribution in [1.82, 2.24) is 0 Å². The number of benzene rings is 1. The summed E-state index contributed by atoms with van der Waals surface area (Å²) in [5, 5.41) is 0. The van der Waals surface area contributed by atoms with E-state index < -0.39 is 0 Å². The lowest BCUT2D eigenvalue weighted by atomic mass is 9.86. The van der Waals surface area contributed by atoms with Crippen LogP contribution in [0.3, 0.4) is 0 Å². The maximum atomic E-state index is 12.3. The lowest BCUT2D eigenvalue weighted by Crippen LogP contribution is -2.43. The summed E-state index contributed by atoms with van der Waals surface area (Å²) < 4.78 is 0. The van der Waals surface area contributed by atoms with Crippen LogP contribution in [0.15, 0.2) is 49.1 Å². The van der Waals surface area contributed by atoms with Gasteiger partial charge in [0.2, 0.25) is 0 Å². The van der Waals surface area contributed by atoms with Gasteiger partial charge in [-0.15, -0.1) is 6.58 Å². The van der Waals surface area contributed by atoms with E-state index in [2.05, 4.69) is 19.2 Å². The van der Waals surface area contributed by atoms with E-state index in [0.29, 0.717) is 0 Å². The maximum Gasteiger partial charge on any atom is 0.254 e. The molecule has 1 aromatic rings. The summed E-state index contributed by atoms with van der Waals surface area (Å²) in [7, 11) is 0. The van der Waals surface area contributed by atoms with Crippen LogP contribution in [0.25, 0.3) is 0 Å². The monoisotopic (exact) mass is 239 g/mol. The molecule has 0 radical (unpaired) electrons. The van der Waals surface area contributed by atoms with Gasteiger partial charge in [-0.2, -0.15) is 0 Å². The average molecular weight is 239 g/mol. The van der Waals surface area contributed by atoms with Crippen LogP contribution in [0.4, 0.5) is 5.69 Å². The Morgan fingerprint density at radius 2 is 2.11 bits per heavy atom. The van der Waals surface area contributed by atoms with Gasteiger partial charge in [0.25, 0.3) is 5.91 Å². The van der Waals surface area contributed by atoms with Gasteiger partial charge in [0, 0.05) is 17.7 Å². The first-order valence-corrected chi connectivity index (χ1v) is 6.39. The summed E-state index contributed by atoms with van der Waals surface area (Å²) in [5.74, 6) is 0.101. The smallest absolute Gasteiger partial charge is 0.254 e. The molecule has 0 aromatic heterocycles. The fourth-order valence-electron chi connectivity index (χ4n) is 3.32. The normalized spacial score (nSPS) is 25.2. The highest BCUT2D eigenvalue weighted by atomic mass is 16.2. The highest BCUT2D eigenvalue weighted by Crippen LogP contribution is 2.49. The number of nitrogens with zero attached hydrogens (tertiary/aromatic N) is 1. The summed E-state index contributed by atoms with van der Waals surface area (Å²) in [6.45, 7) is 7.72. The highest BCUT2D eigenvalue weighted by Gasteiger charge is 2.52. The molecule has 0 spiro atoms. The van der Waals surface area contributed by atoms with Crippen LogP contribution in [-0.4, -0.2) is 11.4 Å². The summed E-state index contributed by atoms with van der Waals surface area (Å²) in [5.41, 5.74) is 3.02.